The van der Waals surface area contributed by atoms with Crippen LogP contribution in [0.25, 0.3) is 11.1 Å². The van der Waals surface area contributed by atoms with Crippen molar-refractivity contribution in [1.82, 2.24) is 14.3 Å². The Morgan fingerprint density at radius 1 is 0.907 bits per heavy atom. The van der Waals surface area contributed by atoms with Gasteiger partial charge in [-0.05, 0) is 58.2 Å². The van der Waals surface area contributed by atoms with Crippen molar-refractivity contribution in [3.05, 3.63) is 105 Å². The number of aromatic nitrogens is 3. The SMILES string of the molecule is COc1ccc(-c2ccc(CCCc3nn(Cc4ccc(C(C)(C)C)cc4)c(=O)n3CC(F)(F)F)cc2)cc1CC(=O)O. The van der Waals surface area contributed by atoms with Gasteiger partial charge in [0.2, 0.25) is 0 Å². The van der Waals surface area contributed by atoms with E-state index in [0.29, 0.717) is 24.2 Å². The van der Waals surface area contributed by atoms with Gasteiger partial charge < -0.3 is 9.84 Å². The van der Waals surface area contributed by atoms with Gasteiger partial charge in [-0.15, -0.1) is 0 Å². The van der Waals surface area contributed by atoms with Crippen LogP contribution in [0.2, 0.25) is 0 Å². The zero-order valence-electron chi connectivity index (χ0n) is 24.7. The van der Waals surface area contributed by atoms with Crippen LogP contribution in [0.1, 0.15) is 55.3 Å². The number of aryl methyl sites for hydroxylation is 2. The lowest BCUT2D eigenvalue weighted by molar-refractivity contribution is -0.141. The first-order valence-electron chi connectivity index (χ1n) is 14.0. The van der Waals surface area contributed by atoms with Gasteiger partial charge in [-0.3, -0.25) is 9.36 Å². The van der Waals surface area contributed by atoms with E-state index in [2.05, 4.69) is 25.9 Å². The summed E-state index contributed by atoms with van der Waals surface area (Å²) >= 11 is 0. The number of carbonyl (C=O) groups is 1. The average Bonchev–Trinajstić information content (AvgIpc) is 3.21. The van der Waals surface area contributed by atoms with Crippen LogP contribution in [-0.2, 0) is 42.6 Å². The Morgan fingerprint density at radius 2 is 1.53 bits per heavy atom. The van der Waals surface area contributed by atoms with Crippen molar-refractivity contribution >= 4 is 5.97 Å². The summed E-state index contributed by atoms with van der Waals surface area (Å²) in [4.78, 5) is 24.2. The van der Waals surface area contributed by atoms with E-state index in [9.17, 15) is 27.9 Å². The monoisotopic (exact) mass is 595 g/mol. The van der Waals surface area contributed by atoms with Gasteiger partial charge in [0.1, 0.15) is 18.1 Å². The van der Waals surface area contributed by atoms with Crippen molar-refractivity contribution in [2.24, 2.45) is 0 Å². The van der Waals surface area contributed by atoms with Crippen LogP contribution in [0, 0.1) is 0 Å². The van der Waals surface area contributed by atoms with Gasteiger partial charge in [0, 0.05) is 12.0 Å². The molecule has 4 aromatic rings. The van der Waals surface area contributed by atoms with Crippen LogP contribution in [0.3, 0.4) is 0 Å². The Bertz CT molecular complexity index is 1610. The number of ether oxygens (including phenoxy) is 1. The Morgan fingerprint density at radius 3 is 2.12 bits per heavy atom. The molecule has 4 rings (SSSR count). The molecule has 0 aliphatic rings. The molecule has 0 aliphatic carbocycles. The molecule has 3 aromatic carbocycles. The zero-order chi connectivity index (χ0) is 31.4. The number of rotatable bonds is 11. The van der Waals surface area contributed by atoms with E-state index in [1.807, 2.05) is 54.6 Å². The van der Waals surface area contributed by atoms with E-state index >= 15 is 0 Å². The summed E-state index contributed by atoms with van der Waals surface area (Å²) in [5.74, 6) is -0.340. The second-order valence-electron chi connectivity index (χ2n) is 11.7. The number of alkyl halides is 3. The molecule has 7 nitrogen and oxygen atoms in total. The third-order valence-electron chi connectivity index (χ3n) is 7.26. The molecule has 0 saturated carbocycles. The molecule has 0 saturated heterocycles. The molecule has 0 fully saturated rings. The van der Waals surface area contributed by atoms with Gasteiger partial charge in [-0.2, -0.15) is 18.3 Å². The number of halogens is 3. The maximum absolute atomic E-state index is 13.4. The summed E-state index contributed by atoms with van der Waals surface area (Å²) in [5, 5.41) is 13.5. The fraction of sp³-hybridized carbons (Fsp3) is 0.364. The zero-order valence-corrected chi connectivity index (χ0v) is 24.7. The number of aliphatic carboxylic acids is 1. The Kier molecular flexibility index (Phi) is 9.47. The maximum Gasteiger partial charge on any atom is 0.406 e. The van der Waals surface area contributed by atoms with Crippen LogP contribution >= 0.6 is 0 Å². The minimum absolute atomic E-state index is 0.0433. The molecule has 1 N–H and O–H groups in total. The first-order valence-corrected chi connectivity index (χ1v) is 14.0. The average molecular weight is 596 g/mol. The smallest absolute Gasteiger partial charge is 0.406 e. The van der Waals surface area contributed by atoms with Crippen molar-refractivity contribution in [1.29, 1.82) is 0 Å². The van der Waals surface area contributed by atoms with Crippen molar-refractivity contribution in [2.75, 3.05) is 7.11 Å². The second kappa shape index (κ2) is 12.9. The molecule has 0 bridgehead atoms. The normalized spacial score (nSPS) is 12.0. The fourth-order valence-electron chi connectivity index (χ4n) is 4.97. The highest BCUT2D eigenvalue weighted by Gasteiger charge is 2.31. The third-order valence-corrected chi connectivity index (χ3v) is 7.26. The number of carboxylic acid groups (broad SMARTS) is 1. The lowest BCUT2D eigenvalue weighted by atomic mass is 9.87. The molecule has 0 aliphatic heterocycles. The van der Waals surface area contributed by atoms with Gasteiger partial charge in [-0.25, -0.2) is 9.48 Å². The van der Waals surface area contributed by atoms with E-state index in [1.54, 1.807) is 12.1 Å². The van der Waals surface area contributed by atoms with Crippen molar-refractivity contribution in [3.63, 3.8) is 0 Å². The standard InChI is InChI=1S/C33H36F3N3O4/c1-32(2,3)27-15-10-23(11-16-27)20-39-31(42)38(21-33(34,35)36)29(37-39)7-5-6-22-8-12-24(13-9-22)25-14-17-28(43-4)26(18-25)19-30(40)41/h8-18H,5-7,19-21H2,1-4H3,(H,40,41). The molecule has 43 heavy (non-hydrogen) atoms. The van der Waals surface area contributed by atoms with Gasteiger partial charge in [0.15, 0.2) is 0 Å². The minimum Gasteiger partial charge on any atom is -0.496 e. The maximum atomic E-state index is 13.4. The predicted octanol–water partition coefficient (Wildman–Crippen LogP) is 6.43. The fourth-order valence-corrected chi connectivity index (χ4v) is 4.97. The summed E-state index contributed by atoms with van der Waals surface area (Å²) < 4.78 is 47.2. The first kappa shape index (κ1) is 31.6. The van der Waals surface area contributed by atoms with Crippen LogP contribution in [-0.4, -0.2) is 38.7 Å². The molecule has 1 heterocycles. The third kappa shape index (κ3) is 8.37. The molecule has 0 atom stereocenters. The van der Waals surface area contributed by atoms with E-state index in [1.165, 1.54) is 7.11 Å². The Labute approximate surface area is 248 Å². The van der Waals surface area contributed by atoms with E-state index in [-0.39, 0.29) is 30.6 Å². The number of benzene rings is 3. The van der Waals surface area contributed by atoms with Crippen molar-refractivity contribution in [2.45, 2.75) is 71.1 Å². The van der Waals surface area contributed by atoms with Crippen LogP contribution < -0.4 is 10.4 Å². The van der Waals surface area contributed by atoms with Crippen LogP contribution in [0.5, 0.6) is 5.75 Å². The second-order valence-corrected chi connectivity index (χ2v) is 11.7. The summed E-state index contributed by atoms with van der Waals surface area (Å²) in [6.45, 7) is 4.97. The highest BCUT2D eigenvalue weighted by Crippen LogP contribution is 2.28. The van der Waals surface area contributed by atoms with Crippen LogP contribution in [0.15, 0.2) is 71.5 Å². The summed E-state index contributed by atoms with van der Waals surface area (Å²) in [6, 6.07) is 20.7. The largest absolute Gasteiger partial charge is 0.496 e. The number of nitrogens with zero attached hydrogens (tertiary/aromatic N) is 3. The molecule has 1 aromatic heterocycles. The van der Waals surface area contributed by atoms with E-state index in [0.717, 1.165) is 37.1 Å². The molecule has 228 valence electrons. The van der Waals surface area contributed by atoms with E-state index in [4.69, 9.17) is 4.74 Å². The van der Waals surface area contributed by atoms with Crippen molar-refractivity contribution in [3.8, 4) is 16.9 Å². The van der Waals surface area contributed by atoms with Gasteiger partial charge in [-0.1, -0.05) is 75.4 Å². The Balaban J connectivity index is 1.46. The minimum atomic E-state index is -4.55. The number of carboxylic acids is 1. The van der Waals surface area contributed by atoms with Gasteiger partial charge in [0.05, 0.1) is 20.1 Å². The summed E-state index contributed by atoms with van der Waals surface area (Å²) in [6.07, 6.45) is -3.43. The number of hydrogen-bond donors (Lipinski definition) is 1. The van der Waals surface area contributed by atoms with Crippen molar-refractivity contribution < 1.29 is 27.8 Å². The van der Waals surface area contributed by atoms with Gasteiger partial charge in [0.25, 0.3) is 0 Å². The molecule has 0 spiro atoms. The molecule has 0 radical (unpaired) electrons. The summed E-state index contributed by atoms with van der Waals surface area (Å²) in [7, 11) is 1.49. The predicted molar refractivity (Wildman–Crippen MR) is 159 cm³/mol. The highest BCUT2D eigenvalue weighted by atomic mass is 19.4. The lowest BCUT2D eigenvalue weighted by Gasteiger charge is -2.19. The van der Waals surface area contributed by atoms with E-state index < -0.39 is 24.4 Å². The topological polar surface area (TPSA) is 86.4 Å². The number of hydrogen-bond acceptors (Lipinski definition) is 4. The highest BCUT2D eigenvalue weighted by molar-refractivity contribution is 5.74. The Hall–Kier alpha value is -4.34. The van der Waals surface area contributed by atoms with Crippen LogP contribution in [0.4, 0.5) is 13.2 Å². The lowest BCUT2D eigenvalue weighted by Crippen LogP contribution is -2.31. The quantitative estimate of drug-likeness (QED) is 0.216. The van der Waals surface area contributed by atoms with Gasteiger partial charge >= 0.3 is 17.8 Å². The molecular weight excluding hydrogens is 559 g/mol. The molecule has 0 amide bonds. The molecule has 10 heteroatoms. The first-order chi connectivity index (χ1) is 20.2. The molecular formula is C33H36F3N3O4. The molecule has 0 unspecified atom stereocenters. The summed E-state index contributed by atoms with van der Waals surface area (Å²) in [5.41, 5.74) is 4.37. The number of methoxy groups -OCH3 is 1.